The highest BCUT2D eigenvalue weighted by Crippen LogP contribution is 2.29. The minimum atomic E-state index is -0.0464. The number of amides is 1. The molecule has 0 radical (unpaired) electrons. The predicted molar refractivity (Wildman–Crippen MR) is 114 cm³/mol. The van der Waals surface area contributed by atoms with Gasteiger partial charge in [0, 0.05) is 25.4 Å². The molecule has 1 heterocycles. The van der Waals surface area contributed by atoms with Gasteiger partial charge in [-0.1, -0.05) is 30.3 Å². The van der Waals surface area contributed by atoms with Crippen LogP contribution >= 0.6 is 11.3 Å². The molecule has 28 heavy (non-hydrogen) atoms. The van der Waals surface area contributed by atoms with Crippen LogP contribution in [0.4, 0.5) is 10.8 Å². The van der Waals surface area contributed by atoms with Gasteiger partial charge in [-0.15, -0.1) is 11.3 Å². The van der Waals surface area contributed by atoms with Crippen molar-refractivity contribution in [3.05, 3.63) is 71.2 Å². The Morgan fingerprint density at radius 3 is 2.43 bits per heavy atom. The second-order valence-corrected chi connectivity index (χ2v) is 7.40. The highest BCUT2D eigenvalue weighted by atomic mass is 32.1. The van der Waals surface area contributed by atoms with Crippen LogP contribution in [0.2, 0.25) is 0 Å². The van der Waals surface area contributed by atoms with Crippen molar-refractivity contribution in [2.75, 3.05) is 18.6 Å². The lowest BCUT2D eigenvalue weighted by Crippen LogP contribution is -2.23. The van der Waals surface area contributed by atoms with E-state index >= 15 is 0 Å². The number of carbonyl (C=O) groups is 1. The number of hydrogen-bond donors (Lipinski definition) is 0. The molecule has 0 atom stereocenters. The SMILES string of the molecule is CCOc1ccc(CN(C)Cc2csc(N(C(C)=O)c3ccccc3)n2)cc1. The van der Waals surface area contributed by atoms with Crippen molar-refractivity contribution in [3.63, 3.8) is 0 Å². The lowest BCUT2D eigenvalue weighted by atomic mass is 10.2. The minimum absolute atomic E-state index is 0.0464. The average molecular weight is 396 g/mol. The number of carbonyl (C=O) groups excluding carboxylic acids is 1. The molecular formula is C22H25N3O2S. The van der Waals surface area contributed by atoms with E-state index in [1.807, 2.05) is 54.8 Å². The summed E-state index contributed by atoms with van der Waals surface area (Å²) in [7, 11) is 2.06. The maximum Gasteiger partial charge on any atom is 0.230 e. The predicted octanol–water partition coefficient (Wildman–Crippen LogP) is 4.86. The molecule has 1 aromatic heterocycles. The quantitative estimate of drug-likeness (QED) is 0.546. The van der Waals surface area contributed by atoms with E-state index in [2.05, 4.69) is 24.1 Å². The molecule has 3 aromatic rings. The molecular weight excluding hydrogens is 370 g/mol. The molecule has 0 fully saturated rings. The van der Waals surface area contributed by atoms with Crippen LogP contribution in [-0.2, 0) is 17.9 Å². The molecule has 0 aliphatic rings. The van der Waals surface area contributed by atoms with E-state index in [4.69, 9.17) is 9.72 Å². The fourth-order valence-electron chi connectivity index (χ4n) is 2.98. The number of rotatable bonds is 8. The number of hydrogen-bond acceptors (Lipinski definition) is 5. The summed E-state index contributed by atoms with van der Waals surface area (Å²) in [4.78, 5) is 20.7. The van der Waals surface area contributed by atoms with Crippen LogP contribution in [0.3, 0.4) is 0 Å². The molecule has 0 N–H and O–H groups in total. The zero-order chi connectivity index (χ0) is 19.9. The molecule has 0 bridgehead atoms. The first-order valence-electron chi connectivity index (χ1n) is 9.27. The summed E-state index contributed by atoms with van der Waals surface area (Å²) in [5, 5.41) is 2.71. The number of ether oxygens (including phenoxy) is 1. The Morgan fingerprint density at radius 2 is 1.79 bits per heavy atom. The zero-order valence-corrected chi connectivity index (χ0v) is 17.3. The van der Waals surface area contributed by atoms with Crippen LogP contribution < -0.4 is 9.64 Å². The molecule has 0 saturated carbocycles. The summed E-state index contributed by atoms with van der Waals surface area (Å²) in [6.07, 6.45) is 0. The van der Waals surface area contributed by atoms with Crippen molar-refractivity contribution in [3.8, 4) is 5.75 Å². The highest BCUT2D eigenvalue weighted by Gasteiger charge is 2.18. The summed E-state index contributed by atoms with van der Waals surface area (Å²) in [6.45, 7) is 5.74. The Labute approximate surface area is 170 Å². The maximum atomic E-state index is 12.2. The van der Waals surface area contributed by atoms with Gasteiger partial charge in [0.1, 0.15) is 5.75 Å². The Bertz CT molecular complexity index is 894. The second kappa shape index (κ2) is 9.48. The zero-order valence-electron chi connectivity index (χ0n) is 16.5. The van der Waals surface area contributed by atoms with E-state index in [0.717, 1.165) is 23.7 Å². The summed E-state index contributed by atoms with van der Waals surface area (Å²) >= 11 is 1.49. The Hall–Kier alpha value is -2.70. The van der Waals surface area contributed by atoms with Gasteiger partial charge < -0.3 is 4.74 Å². The van der Waals surface area contributed by atoms with Gasteiger partial charge in [0.05, 0.1) is 18.0 Å². The van der Waals surface area contributed by atoms with Gasteiger partial charge in [0.2, 0.25) is 5.91 Å². The first-order valence-corrected chi connectivity index (χ1v) is 10.1. The molecule has 1 amide bonds. The van der Waals surface area contributed by atoms with Gasteiger partial charge in [-0.05, 0) is 43.8 Å². The third-order valence-corrected chi connectivity index (χ3v) is 5.05. The molecule has 2 aromatic carbocycles. The maximum absolute atomic E-state index is 12.2. The Morgan fingerprint density at radius 1 is 1.07 bits per heavy atom. The molecule has 0 unspecified atom stereocenters. The fraction of sp³-hybridized carbons (Fsp3) is 0.273. The molecule has 0 aliphatic heterocycles. The topological polar surface area (TPSA) is 45.7 Å². The normalized spacial score (nSPS) is 10.9. The first-order chi connectivity index (χ1) is 13.6. The molecule has 3 rings (SSSR count). The van der Waals surface area contributed by atoms with Crippen LogP contribution in [0.25, 0.3) is 0 Å². The van der Waals surface area contributed by atoms with Gasteiger partial charge in [-0.25, -0.2) is 4.98 Å². The Balaban J connectivity index is 1.65. The van der Waals surface area contributed by atoms with Crippen molar-refractivity contribution in [2.24, 2.45) is 0 Å². The standard InChI is InChI=1S/C22H25N3O2S/c1-4-27-21-12-10-18(11-13-21)14-24(3)15-19-16-28-22(23-19)25(17(2)26)20-8-6-5-7-9-20/h5-13,16H,4,14-15H2,1-3H3. The van der Waals surface area contributed by atoms with Crippen LogP contribution in [0.1, 0.15) is 25.1 Å². The van der Waals surface area contributed by atoms with Crippen LogP contribution in [-0.4, -0.2) is 29.4 Å². The van der Waals surface area contributed by atoms with Gasteiger partial charge in [0.15, 0.2) is 5.13 Å². The smallest absolute Gasteiger partial charge is 0.230 e. The molecule has 5 nitrogen and oxygen atoms in total. The van der Waals surface area contributed by atoms with Crippen LogP contribution in [0, 0.1) is 0 Å². The van der Waals surface area contributed by atoms with Gasteiger partial charge in [-0.2, -0.15) is 0 Å². The number of nitrogens with zero attached hydrogens (tertiary/aromatic N) is 3. The average Bonchev–Trinajstić information content (AvgIpc) is 3.12. The highest BCUT2D eigenvalue weighted by molar-refractivity contribution is 7.14. The molecule has 0 aliphatic carbocycles. The van der Waals surface area contributed by atoms with E-state index in [-0.39, 0.29) is 5.91 Å². The number of thiazole rings is 1. The number of anilines is 2. The second-order valence-electron chi connectivity index (χ2n) is 6.56. The van der Waals surface area contributed by atoms with E-state index < -0.39 is 0 Å². The summed E-state index contributed by atoms with van der Waals surface area (Å²) < 4.78 is 5.49. The summed E-state index contributed by atoms with van der Waals surface area (Å²) in [6, 6.07) is 17.8. The van der Waals surface area contributed by atoms with E-state index in [1.165, 1.54) is 16.9 Å². The third kappa shape index (κ3) is 5.18. The fourth-order valence-corrected chi connectivity index (χ4v) is 3.86. The van der Waals surface area contributed by atoms with Crippen molar-refractivity contribution in [1.29, 1.82) is 0 Å². The Kier molecular flexibility index (Phi) is 6.79. The lowest BCUT2D eigenvalue weighted by molar-refractivity contribution is -0.115. The molecule has 6 heteroatoms. The van der Waals surface area contributed by atoms with Crippen molar-refractivity contribution in [2.45, 2.75) is 26.9 Å². The number of aromatic nitrogens is 1. The van der Waals surface area contributed by atoms with E-state index in [1.54, 1.807) is 11.8 Å². The molecule has 0 saturated heterocycles. The first kappa shape index (κ1) is 20.0. The monoisotopic (exact) mass is 395 g/mol. The molecule has 146 valence electrons. The van der Waals surface area contributed by atoms with Gasteiger partial charge in [0.25, 0.3) is 0 Å². The van der Waals surface area contributed by atoms with Crippen molar-refractivity contribution >= 4 is 28.1 Å². The number of para-hydroxylation sites is 1. The minimum Gasteiger partial charge on any atom is -0.494 e. The lowest BCUT2D eigenvalue weighted by Gasteiger charge is -2.18. The van der Waals surface area contributed by atoms with Crippen molar-refractivity contribution < 1.29 is 9.53 Å². The van der Waals surface area contributed by atoms with E-state index in [0.29, 0.717) is 18.3 Å². The van der Waals surface area contributed by atoms with Gasteiger partial charge in [-0.3, -0.25) is 14.6 Å². The molecule has 0 spiro atoms. The summed E-state index contributed by atoms with van der Waals surface area (Å²) in [5.41, 5.74) is 3.00. The number of benzene rings is 2. The van der Waals surface area contributed by atoms with Gasteiger partial charge >= 0.3 is 0 Å². The third-order valence-electron chi connectivity index (χ3n) is 4.18. The van der Waals surface area contributed by atoms with Crippen LogP contribution in [0.5, 0.6) is 5.75 Å². The summed E-state index contributed by atoms with van der Waals surface area (Å²) in [5.74, 6) is 0.845. The van der Waals surface area contributed by atoms with Crippen LogP contribution in [0.15, 0.2) is 60.0 Å². The largest absolute Gasteiger partial charge is 0.494 e. The van der Waals surface area contributed by atoms with E-state index in [9.17, 15) is 4.79 Å². The van der Waals surface area contributed by atoms with Crippen molar-refractivity contribution in [1.82, 2.24) is 9.88 Å².